The molecule has 98 valence electrons. The number of hydrogen-bond donors (Lipinski definition) is 0. The predicted molar refractivity (Wildman–Crippen MR) is 77.2 cm³/mol. The molecule has 3 heteroatoms. The molecular formula is C16H15ClO2. The minimum absolute atomic E-state index is 0.0337. The lowest BCUT2D eigenvalue weighted by Crippen LogP contribution is -2.04. The Bertz CT molecular complexity index is 605. The second kappa shape index (κ2) is 5.89. The third-order valence-corrected chi connectivity index (χ3v) is 3.41. The zero-order valence-corrected chi connectivity index (χ0v) is 11.7. The van der Waals surface area contributed by atoms with E-state index >= 15 is 0 Å². The van der Waals surface area contributed by atoms with Crippen LogP contribution in [-0.2, 0) is 6.42 Å². The third-order valence-electron chi connectivity index (χ3n) is 3.04. The van der Waals surface area contributed by atoms with Gasteiger partial charge in [-0.3, -0.25) is 4.79 Å². The van der Waals surface area contributed by atoms with Gasteiger partial charge in [0.2, 0.25) is 0 Å². The molecule has 0 unspecified atom stereocenters. The number of aryl methyl sites for hydroxylation is 1. The lowest BCUT2D eigenvalue weighted by Gasteiger charge is -2.08. The largest absolute Gasteiger partial charge is 0.496 e. The van der Waals surface area contributed by atoms with E-state index in [0.29, 0.717) is 17.0 Å². The molecule has 0 fully saturated rings. The number of hydrogen-bond acceptors (Lipinski definition) is 2. The van der Waals surface area contributed by atoms with Gasteiger partial charge in [-0.25, -0.2) is 0 Å². The maximum absolute atomic E-state index is 12.2. The molecule has 0 atom stereocenters. The highest BCUT2D eigenvalue weighted by Crippen LogP contribution is 2.22. The van der Waals surface area contributed by atoms with E-state index in [0.717, 1.165) is 16.9 Å². The number of carbonyl (C=O) groups is 1. The third kappa shape index (κ3) is 3.15. The van der Waals surface area contributed by atoms with Crippen LogP contribution in [0.15, 0.2) is 42.5 Å². The molecule has 0 spiro atoms. The summed E-state index contributed by atoms with van der Waals surface area (Å²) in [5, 5.41) is 0.620. The summed E-state index contributed by atoms with van der Waals surface area (Å²) < 4.78 is 5.23. The summed E-state index contributed by atoms with van der Waals surface area (Å²) >= 11 is 6.06. The maximum atomic E-state index is 12.2. The Morgan fingerprint density at radius 2 is 1.95 bits per heavy atom. The number of carbonyl (C=O) groups excluding carboxylic acids is 1. The van der Waals surface area contributed by atoms with Gasteiger partial charge in [0.05, 0.1) is 7.11 Å². The Balaban J connectivity index is 2.23. The molecular weight excluding hydrogens is 260 g/mol. The molecule has 2 nitrogen and oxygen atoms in total. The van der Waals surface area contributed by atoms with Crippen LogP contribution in [0.2, 0.25) is 5.02 Å². The predicted octanol–water partition coefficient (Wildman–Crippen LogP) is 4.08. The first-order valence-corrected chi connectivity index (χ1v) is 6.41. The molecule has 2 rings (SSSR count). The number of benzene rings is 2. The lowest BCUT2D eigenvalue weighted by molar-refractivity contribution is 0.0992. The van der Waals surface area contributed by atoms with Gasteiger partial charge < -0.3 is 4.74 Å². The molecule has 0 heterocycles. The first-order valence-electron chi connectivity index (χ1n) is 6.03. The van der Waals surface area contributed by atoms with E-state index < -0.39 is 0 Å². The fourth-order valence-corrected chi connectivity index (χ4v) is 2.11. The van der Waals surface area contributed by atoms with Crippen LogP contribution in [0.1, 0.15) is 21.5 Å². The van der Waals surface area contributed by atoms with E-state index in [1.807, 2.05) is 37.3 Å². The van der Waals surface area contributed by atoms with Gasteiger partial charge in [0.1, 0.15) is 5.75 Å². The van der Waals surface area contributed by atoms with Crippen LogP contribution in [0.5, 0.6) is 5.75 Å². The van der Waals surface area contributed by atoms with E-state index in [2.05, 4.69) is 0 Å². The Kier molecular flexibility index (Phi) is 4.23. The molecule has 0 aliphatic rings. The molecule has 0 aromatic heterocycles. The SMILES string of the molecule is COc1cc(C(=O)Cc2ccccc2Cl)ccc1C. The summed E-state index contributed by atoms with van der Waals surface area (Å²) in [4.78, 5) is 12.2. The number of ketones is 1. The summed E-state index contributed by atoms with van der Waals surface area (Å²) in [7, 11) is 1.60. The minimum Gasteiger partial charge on any atom is -0.496 e. The van der Waals surface area contributed by atoms with Crippen molar-refractivity contribution in [1.82, 2.24) is 0 Å². The van der Waals surface area contributed by atoms with Crippen molar-refractivity contribution in [3.05, 3.63) is 64.2 Å². The van der Waals surface area contributed by atoms with E-state index in [-0.39, 0.29) is 5.78 Å². The summed E-state index contributed by atoms with van der Waals surface area (Å²) in [5.41, 5.74) is 2.49. The highest BCUT2D eigenvalue weighted by molar-refractivity contribution is 6.31. The van der Waals surface area contributed by atoms with Crippen LogP contribution < -0.4 is 4.74 Å². The number of methoxy groups -OCH3 is 1. The minimum atomic E-state index is 0.0337. The lowest BCUT2D eigenvalue weighted by atomic mass is 10.0. The number of rotatable bonds is 4. The second-order valence-electron chi connectivity index (χ2n) is 4.38. The summed E-state index contributed by atoms with van der Waals surface area (Å²) in [6.07, 6.45) is 0.298. The van der Waals surface area contributed by atoms with Crippen molar-refractivity contribution in [3.8, 4) is 5.75 Å². The highest BCUT2D eigenvalue weighted by Gasteiger charge is 2.11. The Morgan fingerprint density at radius 1 is 1.21 bits per heavy atom. The molecule has 2 aromatic carbocycles. The van der Waals surface area contributed by atoms with Gasteiger partial charge in [-0.2, -0.15) is 0 Å². The van der Waals surface area contributed by atoms with Crippen LogP contribution in [-0.4, -0.2) is 12.9 Å². The molecule has 0 N–H and O–H groups in total. The average molecular weight is 275 g/mol. The summed E-state index contributed by atoms with van der Waals surface area (Å²) in [6, 6.07) is 12.9. The normalized spacial score (nSPS) is 10.3. The van der Waals surface area contributed by atoms with E-state index in [1.165, 1.54) is 0 Å². The van der Waals surface area contributed by atoms with Gasteiger partial charge in [0, 0.05) is 17.0 Å². The van der Waals surface area contributed by atoms with Crippen LogP contribution in [0.4, 0.5) is 0 Å². The van der Waals surface area contributed by atoms with Crippen LogP contribution >= 0.6 is 11.6 Å². The molecule has 0 bridgehead atoms. The van der Waals surface area contributed by atoms with Gasteiger partial charge >= 0.3 is 0 Å². The fraction of sp³-hybridized carbons (Fsp3) is 0.188. The second-order valence-corrected chi connectivity index (χ2v) is 4.78. The smallest absolute Gasteiger partial charge is 0.167 e. The van der Waals surface area contributed by atoms with Crippen LogP contribution in [0.3, 0.4) is 0 Å². The van der Waals surface area contributed by atoms with Crippen molar-refractivity contribution in [2.75, 3.05) is 7.11 Å². The number of Topliss-reactive ketones (excluding diaryl/α,β-unsaturated/α-hetero) is 1. The highest BCUT2D eigenvalue weighted by atomic mass is 35.5. The maximum Gasteiger partial charge on any atom is 0.167 e. The van der Waals surface area contributed by atoms with Crippen molar-refractivity contribution >= 4 is 17.4 Å². The fourth-order valence-electron chi connectivity index (χ4n) is 1.91. The molecule has 0 amide bonds. The summed E-state index contributed by atoms with van der Waals surface area (Å²) in [6.45, 7) is 1.95. The topological polar surface area (TPSA) is 26.3 Å². The Labute approximate surface area is 118 Å². The van der Waals surface area contributed by atoms with Crippen molar-refractivity contribution in [2.45, 2.75) is 13.3 Å². The molecule has 0 saturated carbocycles. The van der Waals surface area contributed by atoms with Crippen molar-refractivity contribution < 1.29 is 9.53 Å². The van der Waals surface area contributed by atoms with Gasteiger partial charge in [0.25, 0.3) is 0 Å². The quantitative estimate of drug-likeness (QED) is 0.785. The van der Waals surface area contributed by atoms with Gasteiger partial charge in [-0.1, -0.05) is 41.9 Å². The Hall–Kier alpha value is -1.80. The molecule has 0 saturated heterocycles. The molecule has 0 radical (unpaired) electrons. The molecule has 2 aromatic rings. The number of halogens is 1. The summed E-state index contributed by atoms with van der Waals surface area (Å²) in [5.74, 6) is 0.761. The standard InChI is InChI=1S/C16H15ClO2/c1-11-7-8-13(10-16(11)19-2)15(18)9-12-5-3-4-6-14(12)17/h3-8,10H,9H2,1-2H3. The van der Waals surface area contributed by atoms with Crippen molar-refractivity contribution in [3.63, 3.8) is 0 Å². The van der Waals surface area contributed by atoms with Crippen LogP contribution in [0.25, 0.3) is 0 Å². The molecule has 19 heavy (non-hydrogen) atoms. The number of ether oxygens (including phenoxy) is 1. The van der Waals surface area contributed by atoms with Gasteiger partial charge in [0.15, 0.2) is 5.78 Å². The molecule has 0 aliphatic heterocycles. The monoisotopic (exact) mass is 274 g/mol. The average Bonchev–Trinajstić information content (AvgIpc) is 2.42. The van der Waals surface area contributed by atoms with Gasteiger partial charge in [-0.15, -0.1) is 0 Å². The zero-order chi connectivity index (χ0) is 13.8. The Morgan fingerprint density at radius 3 is 2.63 bits per heavy atom. The van der Waals surface area contributed by atoms with E-state index in [4.69, 9.17) is 16.3 Å². The zero-order valence-electron chi connectivity index (χ0n) is 10.9. The molecule has 0 aliphatic carbocycles. The van der Waals surface area contributed by atoms with Crippen LogP contribution in [0, 0.1) is 6.92 Å². The van der Waals surface area contributed by atoms with E-state index in [9.17, 15) is 4.79 Å². The van der Waals surface area contributed by atoms with Crippen molar-refractivity contribution in [1.29, 1.82) is 0 Å². The first-order chi connectivity index (χ1) is 9.11. The van der Waals surface area contributed by atoms with E-state index in [1.54, 1.807) is 19.2 Å². The van der Waals surface area contributed by atoms with Gasteiger partial charge in [-0.05, 0) is 30.2 Å². The first kappa shape index (κ1) is 13.6. The van der Waals surface area contributed by atoms with Crippen molar-refractivity contribution in [2.24, 2.45) is 0 Å².